The Bertz CT molecular complexity index is 171. The summed E-state index contributed by atoms with van der Waals surface area (Å²) < 4.78 is 4.75. The van der Waals surface area contributed by atoms with Gasteiger partial charge in [-0.2, -0.15) is 0 Å². The molecular formula is C9H15NO2. The largest absolute Gasteiger partial charge is 0.463 e. The molecule has 0 saturated carbocycles. The zero-order valence-corrected chi connectivity index (χ0v) is 7.38. The van der Waals surface area contributed by atoms with E-state index in [9.17, 15) is 4.79 Å². The van der Waals surface area contributed by atoms with Crippen LogP contribution in [-0.4, -0.2) is 25.2 Å². The minimum Gasteiger partial charge on any atom is -0.463 e. The number of rotatable bonds is 3. The quantitative estimate of drug-likeness (QED) is 0.503. The predicted octanol–water partition coefficient (Wildman–Crippen LogP) is 0.858. The van der Waals surface area contributed by atoms with Crippen LogP contribution in [0, 0.1) is 0 Å². The van der Waals surface area contributed by atoms with Gasteiger partial charge in [0.05, 0.1) is 6.61 Å². The van der Waals surface area contributed by atoms with Gasteiger partial charge in [-0.05, 0) is 26.3 Å². The molecule has 68 valence electrons. The van der Waals surface area contributed by atoms with Gasteiger partial charge in [0.25, 0.3) is 0 Å². The number of ether oxygens (including phenoxy) is 1. The highest BCUT2D eigenvalue weighted by Crippen LogP contribution is 2.05. The molecule has 3 nitrogen and oxygen atoms in total. The lowest BCUT2D eigenvalue weighted by molar-refractivity contribution is -0.137. The summed E-state index contributed by atoms with van der Waals surface area (Å²) >= 11 is 0. The molecule has 0 aliphatic carbocycles. The molecule has 0 amide bonds. The van der Waals surface area contributed by atoms with Crippen LogP contribution in [0.1, 0.15) is 19.8 Å². The summed E-state index contributed by atoms with van der Waals surface area (Å²) in [6.07, 6.45) is 5.70. The van der Waals surface area contributed by atoms with Crippen LogP contribution in [0.15, 0.2) is 12.2 Å². The Morgan fingerprint density at radius 2 is 2.58 bits per heavy atom. The molecule has 1 saturated heterocycles. The zero-order valence-electron chi connectivity index (χ0n) is 7.38. The summed E-state index contributed by atoms with van der Waals surface area (Å²) in [6, 6.07) is 0.370. The van der Waals surface area contributed by atoms with Gasteiger partial charge in [0.1, 0.15) is 0 Å². The fourth-order valence-corrected chi connectivity index (χ4v) is 1.26. The maximum absolute atomic E-state index is 10.9. The molecule has 0 aromatic heterocycles. The molecule has 0 spiro atoms. The molecule has 12 heavy (non-hydrogen) atoms. The number of esters is 1. The first-order valence-corrected chi connectivity index (χ1v) is 4.41. The molecular weight excluding hydrogens is 154 g/mol. The van der Waals surface area contributed by atoms with E-state index in [1.54, 1.807) is 6.92 Å². The van der Waals surface area contributed by atoms with Crippen molar-refractivity contribution in [2.75, 3.05) is 13.2 Å². The third-order valence-corrected chi connectivity index (χ3v) is 1.85. The van der Waals surface area contributed by atoms with E-state index in [0.29, 0.717) is 12.6 Å². The van der Waals surface area contributed by atoms with Gasteiger partial charge in [0, 0.05) is 12.1 Å². The third-order valence-electron chi connectivity index (χ3n) is 1.85. The lowest BCUT2D eigenvalue weighted by Crippen LogP contribution is -2.18. The first-order chi connectivity index (χ1) is 5.83. The van der Waals surface area contributed by atoms with Crippen molar-refractivity contribution in [3.05, 3.63) is 12.2 Å². The summed E-state index contributed by atoms with van der Waals surface area (Å²) in [5, 5.41) is 3.26. The van der Waals surface area contributed by atoms with E-state index < -0.39 is 0 Å². The van der Waals surface area contributed by atoms with Crippen molar-refractivity contribution in [3.8, 4) is 0 Å². The standard InChI is InChI=1S/C9H15NO2/c1-2-12-9(11)6-5-8-4-3-7-10-8/h5-6,8,10H,2-4,7H2,1H3/b6-5+. The Hall–Kier alpha value is -0.830. The highest BCUT2D eigenvalue weighted by molar-refractivity contribution is 5.81. The number of carbonyl (C=O) groups excluding carboxylic acids is 1. The van der Waals surface area contributed by atoms with Gasteiger partial charge in [0.15, 0.2) is 0 Å². The van der Waals surface area contributed by atoms with Gasteiger partial charge >= 0.3 is 5.97 Å². The third kappa shape index (κ3) is 3.05. The summed E-state index contributed by atoms with van der Waals surface area (Å²) in [6.45, 7) is 3.30. The maximum atomic E-state index is 10.9. The van der Waals surface area contributed by atoms with Crippen LogP contribution in [0.5, 0.6) is 0 Å². The summed E-state index contributed by atoms with van der Waals surface area (Å²) in [7, 11) is 0. The van der Waals surface area contributed by atoms with Crippen molar-refractivity contribution in [1.29, 1.82) is 0 Å². The van der Waals surface area contributed by atoms with E-state index in [1.165, 1.54) is 12.5 Å². The van der Waals surface area contributed by atoms with Crippen LogP contribution >= 0.6 is 0 Å². The summed E-state index contributed by atoms with van der Waals surface area (Å²) in [4.78, 5) is 10.9. The molecule has 1 aliphatic rings. The van der Waals surface area contributed by atoms with E-state index >= 15 is 0 Å². The average molecular weight is 169 g/mol. The molecule has 3 heteroatoms. The second-order valence-corrected chi connectivity index (χ2v) is 2.81. The first kappa shape index (κ1) is 9.26. The molecule has 0 aromatic carbocycles. The van der Waals surface area contributed by atoms with Crippen LogP contribution in [0.4, 0.5) is 0 Å². The van der Waals surface area contributed by atoms with Crippen molar-refractivity contribution in [2.45, 2.75) is 25.8 Å². The average Bonchev–Trinajstić information content (AvgIpc) is 2.53. The van der Waals surface area contributed by atoms with Crippen LogP contribution < -0.4 is 5.32 Å². The van der Waals surface area contributed by atoms with Crippen molar-refractivity contribution in [3.63, 3.8) is 0 Å². The SMILES string of the molecule is CCOC(=O)/C=C/C1CCCN1. The van der Waals surface area contributed by atoms with Crippen LogP contribution in [0.25, 0.3) is 0 Å². The number of carbonyl (C=O) groups is 1. The Kier molecular flexibility index (Phi) is 3.80. The molecule has 1 rings (SSSR count). The Morgan fingerprint density at radius 1 is 1.75 bits per heavy atom. The fraction of sp³-hybridized carbons (Fsp3) is 0.667. The monoisotopic (exact) mass is 169 g/mol. The van der Waals surface area contributed by atoms with Gasteiger partial charge in [-0.15, -0.1) is 0 Å². The fourth-order valence-electron chi connectivity index (χ4n) is 1.26. The summed E-state index contributed by atoms with van der Waals surface area (Å²) in [5.74, 6) is -0.244. The molecule has 1 aliphatic heterocycles. The molecule has 0 aromatic rings. The second kappa shape index (κ2) is 4.93. The minimum absolute atomic E-state index is 0.244. The van der Waals surface area contributed by atoms with E-state index in [-0.39, 0.29) is 5.97 Å². The zero-order chi connectivity index (χ0) is 8.81. The number of nitrogens with one attached hydrogen (secondary N) is 1. The van der Waals surface area contributed by atoms with E-state index in [1.807, 2.05) is 6.08 Å². The van der Waals surface area contributed by atoms with Crippen molar-refractivity contribution in [1.82, 2.24) is 5.32 Å². The van der Waals surface area contributed by atoms with Crippen LogP contribution in [-0.2, 0) is 9.53 Å². The molecule has 0 radical (unpaired) electrons. The van der Waals surface area contributed by atoms with Crippen molar-refractivity contribution in [2.24, 2.45) is 0 Å². The van der Waals surface area contributed by atoms with Gasteiger partial charge in [0.2, 0.25) is 0 Å². The van der Waals surface area contributed by atoms with Crippen molar-refractivity contribution < 1.29 is 9.53 Å². The lowest BCUT2D eigenvalue weighted by atomic mass is 10.2. The molecule has 0 bridgehead atoms. The summed E-state index contributed by atoms with van der Waals surface area (Å²) in [5.41, 5.74) is 0. The normalized spacial score (nSPS) is 23.2. The smallest absolute Gasteiger partial charge is 0.330 e. The van der Waals surface area contributed by atoms with E-state index in [2.05, 4.69) is 5.32 Å². The van der Waals surface area contributed by atoms with E-state index in [4.69, 9.17) is 4.74 Å². The maximum Gasteiger partial charge on any atom is 0.330 e. The Balaban J connectivity index is 2.23. The highest BCUT2D eigenvalue weighted by atomic mass is 16.5. The molecule has 1 fully saturated rings. The van der Waals surface area contributed by atoms with Gasteiger partial charge in [-0.3, -0.25) is 0 Å². The van der Waals surface area contributed by atoms with Crippen LogP contribution in [0.3, 0.4) is 0 Å². The van der Waals surface area contributed by atoms with Gasteiger partial charge in [-0.1, -0.05) is 6.08 Å². The first-order valence-electron chi connectivity index (χ1n) is 4.41. The molecule has 1 atom stereocenters. The predicted molar refractivity (Wildman–Crippen MR) is 46.8 cm³/mol. The second-order valence-electron chi connectivity index (χ2n) is 2.81. The van der Waals surface area contributed by atoms with Crippen molar-refractivity contribution >= 4 is 5.97 Å². The minimum atomic E-state index is -0.244. The molecule has 1 unspecified atom stereocenters. The molecule has 1 N–H and O–H groups in total. The van der Waals surface area contributed by atoms with E-state index in [0.717, 1.165) is 13.0 Å². The molecule has 1 heterocycles. The Morgan fingerprint density at radius 3 is 3.17 bits per heavy atom. The number of hydrogen-bond donors (Lipinski definition) is 1. The lowest BCUT2D eigenvalue weighted by Gasteiger charge is -2.01. The van der Waals surface area contributed by atoms with Gasteiger partial charge in [-0.25, -0.2) is 4.79 Å². The topological polar surface area (TPSA) is 38.3 Å². The number of hydrogen-bond acceptors (Lipinski definition) is 3. The Labute approximate surface area is 72.8 Å². The van der Waals surface area contributed by atoms with Gasteiger partial charge < -0.3 is 10.1 Å². The highest BCUT2D eigenvalue weighted by Gasteiger charge is 2.10. The van der Waals surface area contributed by atoms with Crippen LogP contribution in [0.2, 0.25) is 0 Å².